The first-order chi connectivity index (χ1) is 8.45. The number of halogens is 1. The van der Waals surface area contributed by atoms with E-state index in [1.54, 1.807) is 0 Å². The Kier molecular flexibility index (Phi) is 5.89. The minimum atomic E-state index is 0.434. The average molecular weight is 270 g/mol. The molecule has 0 unspecified atom stereocenters. The summed E-state index contributed by atoms with van der Waals surface area (Å²) in [6.07, 6.45) is 0. The summed E-state index contributed by atoms with van der Waals surface area (Å²) < 4.78 is 0. The van der Waals surface area contributed by atoms with E-state index in [0.29, 0.717) is 18.5 Å². The topological polar surface area (TPSA) is 28.2 Å². The maximum Gasteiger partial charge on any atom is 0.129 e. The predicted molar refractivity (Wildman–Crippen MR) is 79.3 cm³/mol. The van der Waals surface area contributed by atoms with Gasteiger partial charge in [-0.2, -0.15) is 0 Å². The van der Waals surface area contributed by atoms with Gasteiger partial charge in [-0.05, 0) is 38.9 Å². The Morgan fingerprint density at radius 2 is 1.94 bits per heavy atom. The Hall–Kier alpha value is -0.800. The van der Waals surface area contributed by atoms with E-state index in [1.807, 2.05) is 19.2 Å². The Morgan fingerprint density at radius 1 is 1.28 bits per heavy atom. The molecule has 0 bridgehead atoms. The van der Waals surface area contributed by atoms with E-state index in [0.717, 1.165) is 23.1 Å². The first kappa shape index (κ1) is 15.3. The van der Waals surface area contributed by atoms with Crippen LogP contribution < -0.4 is 10.2 Å². The number of nitrogens with zero attached hydrogens (tertiary/aromatic N) is 2. The molecule has 0 aliphatic carbocycles. The van der Waals surface area contributed by atoms with Gasteiger partial charge in [-0.15, -0.1) is 0 Å². The van der Waals surface area contributed by atoms with Crippen LogP contribution in [-0.2, 0) is 6.54 Å². The molecule has 18 heavy (non-hydrogen) atoms. The van der Waals surface area contributed by atoms with Crippen LogP contribution in [0.2, 0.25) is 5.02 Å². The fourth-order valence-corrected chi connectivity index (χ4v) is 2.06. The van der Waals surface area contributed by atoms with E-state index in [1.165, 1.54) is 0 Å². The van der Waals surface area contributed by atoms with Gasteiger partial charge in [0.05, 0.1) is 10.7 Å². The van der Waals surface area contributed by atoms with Crippen LogP contribution >= 0.6 is 11.6 Å². The molecule has 0 aliphatic rings. The van der Waals surface area contributed by atoms with Crippen molar-refractivity contribution in [3.63, 3.8) is 0 Å². The van der Waals surface area contributed by atoms with Crippen LogP contribution in [0.25, 0.3) is 0 Å². The lowest BCUT2D eigenvalue weighted by Gasteiger charge is -2.30. The summed E-state index contributed by atoms with van der Waals surface area (Å²) in [7, 11) is 1.90. The van der Waals surface area contributed by atoms with Gasteiger partial charge in [0, 0.05) is 19.1 Å². The third-order valence-electron chi connectivity index (χ3n) is 2.73. The smallest absolute Gasteiger partial charge is 0.129 e. The molecule has 0 aliphatic heterocycles. The maximum atomic E-state index is 6.14. The molecule has 1 N–H and O–H groups in total. The number of hydrogen-bond acceptors (Lipinski definition) is 3. The zero-order valence-electron chi connectivity index (χ0n) is 12.0. The lowest BCUT2D eigenvalue weighted by molar-refractivity contribution is 0.565. The van der Waals surface area contributed by atoms with Crippen molar-refractivity contribution in [1.29, 1.82) is 0 Å². The number of pyridine rings is 1. The summed E-state index contributed by atoms with van der Waals surface area (Å²) in [4.78, 5) is 6.99. The van der Waals surface area contributed by atoms with Gasteiger partial charge < -0.3 is 10.2 Å². The lowest BCUT2D eigenvalue weighted by atomic mass is 10.1. The number of aromatic nitrogens is 1. The van der Waals surface area contributed by atoms with Crippen molar-refractivity contribution in [2.24, 2.45) is 5.92 Å². The molecule has 0 aromatic carbocycles. The van der Waals surface area contributed by atoms with Gasteiger partial charge in [0.2, 0.25) is 0 Å². The zero-order valence-corrected chi connectivity index (χ0v) is 12.8. The summed E-state index contributed by atoms with van der Waals surface area (Å²) in [5.41, 5.74) is 0.908. The number of hydrogen-bond donors (Lipinski definition) is 1. The van der Waals surface area contributed by atoms with Crippen molar-refractivity contribution < 1.29 is 0 Å². The van der Waals surface area contributed by atoms with Crippen molar-refractivity contribution in [2.75, 3.05) is 18.5 Å². The molecule has 0 atom stereocenters. The zero-order chi connectivity index (χ0) is 13.7. The summed E-state index contributed by atoms with van der Waals surface area (Å²) in [5.74, 6) is 1.62. The Balaban J connectivity index is 3.01. The molecule has 0 saturated heterocycles. The molecule has 4 heteroatoms. The van der Waals surface area contributed by atoms with Crippen LogP contribution in [0, 0.1) is 5.92 Å². The minimum Gasteiger partial charge on any atom is -0.354 e. The van der Waals surface area contributed by atoms with Gasteiger partial charge in [0.25, 0.3) is 0 Å². The summed E-state index contributed by atoms with van der Waals surface area (Å²) in [6.45, 7) is 10.5. The van der Waals surface area contributed by atoms with E-state index in [2.05, 4.69) is 42.9 Å². The van der Waals surface area contributed by atoms with E-state index in [-0.39, 0.29) is 0 Å². The number of rotatable bonds is 6. The third kappa shape index (κ3) is 4.14. The second-order valence-corrected chi connectivity index (χ2v) is 5.68. The molecular weight excluding hydrogens is 246 g/mol. The van der Waals surface area contributed by atoms with Gasteiger partial charge in [0.15, 0.2) is 0 Å². The largest absolute Gasteiger partial charge is 0.354 e. The van der Waals surface area contributed by atoms with Crippen LogP contribution in [0.5, 0.6) is 0 Å². The predicted octanol–water partition coefficient (Wildman–Crippen LogP) is 3.33. The van der Waals surface area contributed by atoms with Crippen LogP contribution in [-0.4, -0.2) is 24.6 Å². The first-order valence-electron chi connectivity index (χ1n) is 6.52. The first-order valence-corrected chi connectivity index (χ1v) is 6.90. The van der Waals surface area contributed by atoms with Gasteiger partial charge in [0.1, 0.15) is 5.82 Å². The Labute approximate surface area is 116 Å². The lowest BCUT2D eigenvalue weighted by Crippen LogP contribution is -2.35. The van der Waals surface area contributed by atoms with Crippen molar-refractivity contribution in [2.45, 2.75) is 40.3 Å². The van der Waals surface area contributed by atoms with Gasteiger partial charge in [-0.3, -0.25) is 0 Å². The SMILES string of the molecule is CNCc1nc(N(CC(C)C)C(C)C)ccc1Cl. The maximum absolute atomic E-state index is 6.14. The molecule has 0 spiro atoms. The second kappa shape index (κ2) is 6.95. The normalized spacial score (nSPS) is 11.3. The Bertz CT molecular complexity index is 377. The van der Waals surface area contributed by atoms with E-state index in [9.17, 15) is 0 Å². The number of anilines is 1. The molecule has 1 aromatic heterocycles. The van der Waals surface area contributed by atoms with E-state index < -0.39 is 0 Å². The number of nitrogens with one attached hydrogen (secondary N) is 1. The molecule has 102 valence electrons. The highest BCUT2D eigenvalue weighted by Crippen LogP contribution is 2.21. The standard InChI is InChI=1S/C14H24ClN3/c1-10(2)9-18(11(3)4)14-7-6-12(15)13(17-14)8-16-5/h6-7,10-11,16H,8-9H2,1-5H3. The van der Waals surface area contributed by atoms with Crippen LogP contribution in [0.3, 0.4) is 0 Å². The molecule has 1 rings (SSSR count). The summed E-state index contributed by atoms with van der Waals surface area (Å²) in [5, 5.41) is 3.82. The van der Waals surface area contributed by atoms with Crippen molar-refractivity contribution in [1.82, 2.24) is 10.3 Å². The van der Waals surface area contributed by atoms with Crippen molar-refractivity contribution >= 4 is 17.4 Å². The Morgan fingerprint density at radius 3 is 2.44 bits per heavy atom. The van der Waals surface area contributed by atoms with Crippen LogP contribution in [0.15, 0.2) is 12.1 Å². The molecule has 0 amide bonds. The summed E-state index contributed by atoms with van der Waals surface area (Å²) in [6, 6.07) is 4.37. The fraction of sp³-hybridized carbons (Fsp3) is 0.643. The van der Waals surface area contributed by atoms with Crippen LogP contribution in [0.1, 0.15) is 33.4 Å². The van der Waals surface area contributed by atoms with Gasteiger partial charge >= 0.3 is 0 Å². The second-order valence-electron chi connectivity index (χ2n) is 5.27. The van der Waals surface area contributed by atoms with Crippen LogP contribution in [0.4, 0.5) is 5.82 Å². The van der Waals surface area contributed by atoms with Gasteiger partial charge in [-0.1, -0.05) is 25.4 Å². The monoisotopic (exact) mass is 269 g/mol. The van der Waals surface area contributed by atoms with E-state index >= 15 is 0 Å². The van der Waals surface area contributed by atoms with Crippen molar-refractivity contribution in [3.05, 3.63) is 22.8 Å². The summed E-state index contributed by atoms with van der Waals surface area (Å²) >= 11 is 6.14. The molecule has 0 fully saturated rings. The third-order valence-corrected chi connectivity index (χ3v) is 3.07. The minimum absolute atomic E-state index is 0.434. The highest BCUT2D eigenvalue weighted by Gasteiger charge is 2.14. The molecule has 1 heterocycles. The fourth-order valence-electron chi connectivity index (χ4n) is 1.89. The quantitative estimate of drug-likeness (QED) is 0.859. The van der Waals surface area contributed by atoms with E-state index in [4.69, 9.17) is 11.6 Å². The highest BCUT2D eigenvalue weighted by atomic mass is 35.5. The van der Waals surface area contributed by atoms with Gasteiger partial charge in [-0.25, -0.2) is 4.98 Å². The molecule has 0 radical (unpaired) electrons. The highest BCUT2D eigenvalue weighted by molar-refractivity contribution is 6.31. The molecule has 3 nitrogen and oxygen atoms in total. The molecular formula is C14H24ClN3. The van der Waals surface area contributed by atoms with Crippen molar-refractivity contribution in [3.8, 4) is 0 Å². The molecule has 1 aromatic rings. The molecule has 0 saturated carbocycles. The average Bonchev–Trinajstić information content (AvgIpc) is 2.29.